The molecule has 50 heavy (non-hydrogen) atoms. The number of benzene rings is 5. The lowest BCUT2D eigenvalue weighted by Gasteiger charge is -2.15. The summed E-state index contributed by atoms with van der Waals surface area (Å²) < 4.78 is 0. The molecule has 234 valence electrons. The van der Waals surface area contributed by atoms with Gasteiger partial charge in [-0.05, 0) is 80.9 Å². The molecule has 0 bridgehead atoms. The van der Waals surface area contributed by atoms with E-state index in [1.54, 1.807) is 0 Å². The first kappa shape index (κ1) is 29.4. The molecule has 0 atom stereocenters. The fraction of sp³-hybridized carbons (Fsp3) is 0. The molecule has 0 aliphatic carbocycles. The maximum atomic E-state index is 5.30. The van der Waals surface area contributed by atoms with Crippen molar-refractivity contribution in [3.63, 3.8) is 0 Å². The van der Waals surface area contributed by atoms with Crippen LogP contribution in [0.4, 0.5) is 0 Å². The van der Waals surface area contributed by atoms with Gasteiger partial charge in [0.15, 0.2) is 0 Å². The van der Waals surface area contributed by atoms with E-state index in [2.05, 4.69) is 121 Å². The van der Waals surface area contributed by atoms with Gasteiger partial charge in [-0.25, -0.2) is 9.97 Å². The third-order valence-corrected chi connectivity index (χ3v) is 9.22. The van der Waals surface area contributed by atoms with E-state index in [1.807, 2.05) is 60.9 Å². The number of rotatable bonds is 6. The molecule has 4 heteroatoms. The van der Waals surface area contributed by atoms with Gasteiger partial charge in [0.2, 0.25) is 0 Å². The molecule has 5 aromatic carbocycles. The number of nitrogens with zero attached hydrogens (tertiary/aromatic N) is 4. The smallest absolute Gasteiger partial charge is 0.0979 e. The highest BCUT2D eigenvalue weighted by Gasteiger charge is 2.18. The second-order valence-corrected chi connectivity index (χ2v) is 12.3. The van der Waals surface area contributed by atoms with Crippen LogP contribution in [0.1, 0.15) is 0 Å². The zero-order chi connectivity index (χ0) is 33.3. The lowest BCUT2D eigenvalue weighted by atomic mass is 9.93. The highest BCUT2D eigenvalue weighted by atomic mass is 14.8. The van der Waals surface area contributed by atoms with Crippen LogP contribution in [0.2, 0.25) is 0 Å². The maximum Gasteiger partial charge on any atom is 0.0979 e. The van der Waals surface area contributed by atoms with Gasteiger partial charge in [0.1, 0.15) is 0 Å². The summed E-state index contributed by atoms with van der Waals surface area (Å²) in [5.41, 5.74) is 14.0. The molecule has 0 saturated heterocycles. The topological polar surface area (TPSA) is 51.6 Å². The second-order valence-electron chi connectivity index (χ2n) is 12.3. The van der Waals surface area contributed by atoms with Gasteiger partial charge in [0.25, 0.3) is 0 Å². The minimum Gasteiger partial charge on any atom is -0.255 e. The average molecular weight is 639 g/mol. The largest absolute Gasteiger partial charge is 0.255 e. The van der Waals surface area contributed by atoms with E-state index < -0.39 is 0 Å². The normalized spacial score (nSPS) is 11.2. The van der Waals surface area contributed by atoms with Crippen LogP contribution in [0, 0.1) is 0 Å². The predicted molar refractivity (Wildman–Crippen MR) is 205 cm³/mol. The zero-order valence-corrected chi connectivity index (χ0v) is 27.1. The van der Waals surface area contributed by atoms with Crippen molar-refractivity contribution in [1.29, 1.82) is 0 Å². The van der Waals surface area contributed by atoms with Gasteiger partial charge in [0, 0.05) is 23.2 Å². The summed E-state index contributed by atoms with van der Waals surface area (Å²) in [6.45, 7) is 0. The van der Waals surface area contributed by atoms with Crippen LogP contribution in [0.15, 0.2) is 182 Å². The second kappa shape index (κ2) is 12.7. The van der Waals surface area contributed by atoms with Crippen molar-refractivity contribution in [2.75, 3.05) is 0 Å². The number of fused-ring (bicyclic) bond motifs is 3. The fourth-order valence-corrected chi connectivity index (χ4v) is 6.69. The Morgan fingerprint density at radius 2 is 0.640 bits per heavy atom. The summed E-state index contributed by atoms with van der Waals surface area (Å²) in [5, 5.41) is 2.06. The van der Waals surface area contributed by atoms with E-state index in [9.17, 15) is 0 Å². The van der Waals surface area contributed by atoms with Crippen molar-refractivity contribution in [3.05, 3.63) is 182 Å². The molecule has 0 spiro atoms. The number of hydrogen-bond donors (Lipinski definition) is 0. The highest BCUT2D eigenvalue weighted by Crippen LogP contribution is 2.39. The summed E-state index contributed by atoms with van der Waals surface area (Å²) in [4.78, 5) is 20.0. The molecule has 0 fully saturated rings. The third kappa shape index (κ3) is 5.49. The first-order chi connectivity index (χ1) is 24.8. The molecule has 0 amide bonds. The summed E-state index contributed by atoms with van der Waals surface area (Å²) in [7, 11) is 0. The monoisotopic (exact) mass is 638 g/mol. The van der Waals surface area contributed by atoms with Crippen molar-refractivity contribution in [2.24, 2.45) is 0 Å². The van der Waals surface area contributed by atoms with Gasteiger partial charge < -0.3 is 0 Å². The molecule has 0 unspecified atom stereocenters. The first-order valence-electron chi connectivity index (χ1n) is 16.7. The van der Waals surface area contributed by atoms with Crippen molar-refractivity contribution in [2.45, 2.75) is 0 Å². The molecule has 0 aliphatic rings. The van der Waals surface area contributed by atoms with Crippen LogP contribution >= 0.6 is 0 Å². The lowest BCUT2D eigenvalue weighted by Crippen LogP contribution is -1.97. The molecule has 0 saturated carbocycles. The van der Waals surface area contributed by atoms with Crippen LogP contribution in [-0.2, 0) is 0 Å². The minimum absolute atomic E-state index is 0.798. The van der Waals surface area contributed by atoms with Gasteiger partial charge >= 0.3 is 0 Å². The molecule has 4 heterocycles. The molecular formula is C46H30N4. The summed E-state index contributed by atoms with van der Waals surface area (Å²) in [5.74, 6) is 0. The van der Waals surface area contributed by atoms with Crippen LogP contribution < -0.4 is 0 Å². The Morgan fingerprint density at radius 1 is 0.280 bits per heavy atom. The Labute approximate surface area is 290 Å². The number of hydrogen-bond acceptors (Lipinski definition) is 4. The van der Waals surface area contributed by atoms with Crippen LogP contribution in [-0.4, -0.2) is 19.9 Å². The Balaban J connectivity index is 1.29. The van der Waals surface area contributed by atoms with Crippen LogP contribution in [0.3, 0.4) is 0 Å². The number of aromatic nitrogens is 4. The standard InChI is InChI=1S/C46H30N4/c1-3-11-31(12-4-1)33-17-21-35(22-18-33)39-29-43(41-15-7-9-27-47-41)49-45-37(39)25-26-38-40(30-44(50-46(38)45)42-16-8-10-28-48-42)36-23-19-34(20-24-36)32-13-5-2-6-14-32/h1-30H. The molecule has 4 aromatic heterocycles. The lowest BCUT2D eigenvalue weighted by molar-refractivity contribution is 1.26. The fourth-order valence-electron chi connectivity index (χ4n) is 6.69. The molecule has 9 rings (SSSR count). The van der Waals surface area contributed by atoms with Crippen molar-refractivity contribution < 1.29 is 0 Å². The van der Waals surface area contributed by atoms with E-state index in [1.165, 1.54) is 22.3 Å². The van der Waals surface area contributed by atoms with Gasteiger partial charge in [0.05, 0.1) is 33.8 Å². The summed E-state index contributed by atoms with van der Waals surface area (Å²) in [6.07, 6.45) is 3.63. The molecular weight excluding hydrogens is 609 g/mol. The van der Waals surface area contributed by atoms with Crippen LogP contribution in [0.5, 0.6) is 0 Å². The van der Waals surface area contributed by atoms with Gasteiger partial charge in [-0.1, -0.05) is 133 Å². The third-order valence-electron chi connectivity index (χ3n) is 9.22. The molecule has 4 nitrogen and oxygen atoms in total. The summed E-state index contributed by atoms with van der Waals surface area (Å²) in [6, 6.07) is 59.0. The Kier molecular flexibility index (Phi) is 7.45. The van der Waals surface area contributed by atoms with E-state index in [0.717, 1.165) is 66.8 Å². The van der Waals surface area contributed by atoms with Crippen molar-refractivity contribution in [3.8, 4) is 67.3 Å². The Morgan fingerprint density at radius 3 is 1.02 bits per heavy atom. The molecule has 0 N–H and O–H groups in total. The zero-order valence-electron chi connectivity index (χ0n) is 27.1. The Bertz CT molecular complexity index is 2400. The average Bonchev–Trinajstić information content (AvgIpc) is 3.21. The van der Waals surface area contributed by atoms with E-state index in [0.29, 0.717) is 0 Å². The van der Waals surface area contributed by atoms with E-state index in [4.69, 9.17) is 19.9 Å². The van der Waals surface area contributed by atoms with Crippen LogP contribution in [0.25, 0.3) is 89.1 Å². The minimum atomic E-state index is 0.798. The van der Waals surface area contributed by atoms with Gasteiger partial charge in [-0.2, -0.15) is 0 Å². The quantitative estimate of drug-likeness (QED) is 0.170. The first-order valence-corrected chi connectivity index (χ1v) is 16.7. The van der Waals surface area contributed by atoms with E-state index >= 15 is 0 Å². The summed E-state index contributed by atoms with van der Waals surface area (Å²) >= 11 is 0. The number of pyridine rings is 4. The van der Waals surface area contributed by atoms with Crippen molar-refractivity contribution >= 4 is 21.8 Å². The maximum absolute atomic E-state index is 5.30. The highest BCUT2D eigenvalue weighted by molar-refractivity contribution is 6.13. The molecule has 9 aromatic rings. The SMILES string of the molecule is c1ccc(-c2ccc(-c3cc(-c4ccccn4)nc4c3ccc3c(-c5ccc(-c6ccccc6)cc5)cc(-c5ccccn5)nc34)cc2)cc1. The van der Waals surface area contributed by atoms with E-state index in [-0.39, 0.29) is 0 Å². The molecule has 0 radical (unpaired) electrons. The van der Waals surface area contributed by atoms with Gasteiger partial charge in [-0.15, -0.1) is 0 Å². The molecule has 0 aliphatic heterocycles. The van der Waals surface area contributed by atoms with Crippen molar-refractivity contribution in [1.82, 2.24) is 19.9 Å². The Hall–Kier alpha value is -6.78. The predicted octanol–water partition coefficient (Wildman–Crippen LogP) is 11.6. The van der Waals surface area contributed by atoms with Gasteiger partial charge in [-0.3, -0.25) is 9.97 Å².